The highest BCUT2D eigenvalue weighted by Gasteiger charge is 2.19. The van der Waals surface area contributed by atoms with Crippen molar-refractivity contribution < 1.29 is 9.21 Å². The van der Waals surface area contributed by atoms with Crippen LogP contribution in [0.15, 0.2) is 46.4 Å². The topological polar surface area (TPSA) is 89.8 Å². The average molecular weight is 331 g/mol. The number of nitriles is 2. The Balaban J connectivity index is 1.75. The molecule has 0 spiro atoms. The quantitative estimate of drug-likeness (QED) is 0.682. The lowest BCUT2D eigenvalue weighted by atomic mass is 10.1. The summed E-state index contributed by atoms with van der Waals surface area (Å²) in [7, 11) is 0. The van der Waals surface area contributed by atoms with E-state index in [0.717, 1.165) is 31.2 Å². The molecule has 0 aliphatic heterocycles. The summed E-state index contributed by atoms with van der Waals surface area (Å²) in [4.78, 5) is 12.2. The van der Waals surface area contributed by atoms with E-state index >= 15 is 0 Å². The van der Waals surface area contributed by atoms with E-state index in [0.29, 0.717) is 17.1 Å². The number of hydrogen-bond acceptors (Lipinski definition) is 4. The zero-order chi connectivity index (χ0) is 17.6. The molecule has 1 fully saturated rings. The van der Waals surface area contributed by atoms with Gasteiger partial charge in [0.05, 0.1) is 11.6 Å². The smallest absolute Gasteiger partial charge is 0.262 e. The van der Waals surface area contributed by atoms with Crippen LogP contribution in [0.2, 0.25) is 0 Å². The summed E-state index contributed by atoms with van der Waals surface area (Å²) < 4.78 is 5.71. The van der Waals surface area contributed by atoms with Crippen LogP contribution >= 0.6 is 0 Å². The van der Waals surface area contributed by atoms with E-state index in [9.17, 15) is 10.1 Å². The SMILES string of the molecule is N#C/C(=C/c1ccc(-c2ccc(C#N)cc2)o1)C(=O)NC1CCCC1. The summed E-state index contributed by atoms with van der Waals surface area (Å²) in [5, 5.41) is 21.0. The van der Waals surface area contributed by atoms with Crippen LogP contribution in [-0.2, 0) is 4.79 Å². The van der Waals surface area contributed by atoms with Gasteiger partial charge in [-0.05, 0) is 49.2 Å². The predicted octanol–water partition coefficient (Wildman–Crippen LogP) is 3.78. The third kappa shape index (κ3) is 3.97. The first-order valence-electron chi connectivity index (χ1n) is 8.22. The zero-order valence-corrected chi connectivity index (χ0v) is 13.7. The van der Waals surface area contributed by atoms with Crippen LogP contribution in [-0.4, -0.2) is 11.9 Å². The molecule has 1 aliphatic carbocycles. The van der Waals surface area contributed by atoms with Gasteiger partial charge in [0.2, 0.25) is 0 Å². The van der Waals surface area contributed by atoms with E-state index < -0.39 is 0 Å². The normalized spacial score (nSPS) is 14.7. The Labute approximate surface area is 146 Å². The maximum absolute atomic E-state index is 12.2. The van der Waals surface area contributed by atoms with Gasteiger partial charge >= 0.3 is 0 Å². The van der Waals surface area contributed by atoms with Gasteiger partial charge in [0.15, 0.2) is 0 Å². The van der Waals surface area contributed by atoms with Crippen molar-refractivity contribution in [3.63, 3.8) is 0 Å². The van der Waals surface area contributed by atoms with Gasteiger partial charge in [-0.2, -0.15) is 10.5 Å². The van der Waals surface area contributed by atoms with Gasteiger partial charge in [-0.3, -0.25) is 4.79 Å². The second-order valence-electron chi connectivity index (χ2n) is 6.02. The highest BCUT2D eigenvalue weighted by Crippen LogP contribution is 2.24. The Morgan fingerprint density at radius 1 is 1.12 bits per heavy atom. The summed E-state index contributed by atoms with van der Waals surface area (Å²) in [5.41, 5.74) is 1.44. The Kier molecular flexibility index (Phi) is 4.97. The molecule has 1 aliphatic rings. The molecular weight excluding hydrogens is 314 g/mol. The molecule has 5 heteroatoms. The molecule has 1 heterocycles. The van der Waals surface area contributed by atoms with Crippen molar-refractivity contribution in [1.82, 2.24) is 5.32 Å². The number of nitrogens with zero attached hydrogens (tertiary/aromatic N) is 2. The fraction of sp³-hybridized carbons (Fsp3) is 0.250. The molecule has 1 saturated carbocycles. The highest BCUT2D eigenvalue weighted by molar-refractivity contribution is 6.01. The number of carbonyl (C=O) groups excluding carboxylic acids is 1. The third-order valence-electron chi connectivity index (χ3n) is 4.27. The molecule has 124 valence electrons. The number of hydrogen-bond donors (Lipinski definition) is 1. The predicted molar refractivity (Wildman–Crippen MR) is 92.8 cm³/mol. The molecule has 3 rings (SSSR count). The molecule has 1 N–H and O–H groups in total. The van der Waals surface area contributed by atoms with Gasteiger partial charge in [-0.25, -0.2) is 0 Å². The number of nitrogens with one attached hydrogen (secondary N) is 1. The monoisotopic (exact) mass is 331 g/mol. The maximum Gasteiger partial charge on any atom is 0.262 e. The minimum Gasteiger partial charge on any atom is -0.457 e. The van der Waals surface area contributed by atoms with E-state index in [1.54, 1.807) is 36.4 Å². The van der Waals surface area contributed by atoms with Gasteiger partial charge in [0.25, 0.3) is 5.91 Å². The van der Waals surface area contributed by atoms with Gasteiger partial charge in [0.1, 0.15) is 23.2 Å². The van der Waals surface area contributed by atoms with Crippen LogP contribution in [0.5, 0.6) is 0 Å². The lowest BCUT2D eigenvalue weighted by Gasteiger charge is -2.10. The lowest BCUT2D eigenvalue weighted by Crippen LogP contribution is -2.33. The molecule has 0 saturated heterocycles. The third-order valence-corrected chi connectivity index (χ3v) is 4.27. The first-order chi connectivity index (χ1) is 12.2. The van der Waals surface area contributed by atoms with Gasteiger partial charge in [0, 0.05) is 17.7 Å². The highest BCUT2D eigenvalue weighted by atomic mass is 16.3. The Bertz CT molecular complexity index is 873. The number of carbonyl (C=O) groups is 1. The minimum atomic E-state index is -0.356. The van der Waals surface area contributed by atoms with E-state index in [2.05, 4.69) is 11.4 Å². The Morgan fingerprint density at radius 2 is 1.84 bits per heavy atom. The summed E-state index contributed by atoms with van der Waals surface area (Å²) in [6, 6.07) is 14.7. The molecule has 5 nitrogen and oxygen atoms in total. The first-order valence-corrected chi connectivity index (χ1v) is 8.22. The fourth-order valence-corrected chi connectivity index (χ4v) is 2.92. The molecule has 25 heavy (non-hydrogen) atoms. The van der Waals surface area contributed by atoms with Crippen LogP contribution in [0, 0.1) is 22.7 Å². The van der Waals surface area contributed by atoms with Crippen LogP contribution in [0.25, 0.3) is 17.4 Å². The summed E-state index contributed by atoms with van der Waals surface area (Å²) in [5.74, 6) is 0.701. The van der Waals surface area contributed by atoms with E-state index in [4.69, 9.17) is 9.68 Å². The van der Waals surface area contributed by atoms with Crippen LogP contribution in [0.1, 0.15) is 37.0 Å². The second-order valence-corrected chi connectivity index (χ2v) is 6.02. The lowest BCUT2D eigenvalue weighted by molar-refractivity contribution is -0.117. The van der Waals surface area contributed by atoms with Crippen LogP contribution in [0.3, 0.4) is 0 Å². The molecule has 0 unspecified atom stereocenters. The zero-order valence-electron chi connectivity index (χ0n) is 13.7. The number of amides is 1. The van der Waals surface area contributed by atoms with Crippen LogP contribution < -0.4 is 5.32 Å². The molecule has 2 aromatic rings. The average Bonchev–Trinajstić information content (AvgIpc) is 3.31. The van der Waals surface area contributed by atoms with E-state index in [-0.39, 0.29) is 17.5 Å². The van der Waals surface area contributed by atoms with Gasteiger partial charge in [-0.1, -0.05) is 12.8 Å². The Morgan fingerprint density at radius 3 is 2.48 bits per heavy atom. The number of rotatable bonds is 4. The summed E-state index contributed by atoms with van der Waals surface area (Å²) in [6.45, 7) is 0. The molecule has 1 amide bonds. The minimum absolute atomic E-state index is 0.0348. The Hall–Kier alpha value is -3.31. The maximum atomic E-state index is 12.2. The van der Waals surface area contributed by atoms with Gasteiger partial charge < -0.3 is 9.73 Å². The van der Waals surface area contributed by atoms with E-state index in [1.807, 2.05) is 6.07 Å². The largest absolute Gasteiger partial charge is 0.457 e. The molecule has 1 aromatic heterocycles. The van der Waals surface area contributed by atoms with Crippen molar-refractivity contribution in [2.45, 2.75) is 31.7 Å². The summed E-state index contributed by atoms with van der Waals surface area (Å²) in [6.07, 6.45) is 5.62. The first kappa shape index (κ1) is 16.5. The van der Waals surface area contributed by atoms with Crippen molar-refractivity contribution in [3.8, 4) is 23.5 Å². The van der Waals surface area contributed by atoms with Crippen molar-refractivity contribution in [1.29, 1.82) is 10.5 Å². The van der Waals surface area contributed by atoms with Gasteiger partial charge in [-0.15, -0.1) is 0 Å². The van der Waals surface area contributed by atoms with Crippen molar-refractivity contribution in [2.75, 3.05) is 0 Å². The molecule has 1 aromatic carbocycles. The molecule has 0 atom stereocenters. The van der Waals surface area contributed by atoms with Crippen molar-refractivity contribution in [3.05, 3.63) is 53.3 Å². The van der Waals surface area contributed by atoms with Crippen molar-refractivity contribution >= 4 is 12.0 Å². The van der Waals surface area contributed by atoms with E-state index in [1.165, 1.54) is 6.08 Å². The van der Waals surface area contributed by atoms with Crippen molar-refractivity contribution in [2.24, 2.45) is 0 Å². The standard InChI is InChI=1S/C20H17N3O2/c21-12-14-5-7-15(8-6-14)19-10-9-18(25-19)11-16(13-22)20(24)23-17-3-1-2-4-17/h5-11,17H,1-4H2,(H,23,24)/b16-11-. The molecular formula is C20H17N3O2. The van der Waals surface area contributed by atoms with Crippen LogP contribution in [0.4, 0.5) is 0 Å². The molecule has 0 radical (unpaired) electrons. The summed E-state index contributed by atoms with van der Waals surface area (Å²) >= 11 is 0. The number of benzene rings is 1. The second kappa shape index (κ2) is 7.51. The molecule has 0 bridgehead atoms. The number of furan rings is 1. The fourth-order valence-electron chi connectivity index (χ4n) is 2.92.